The molecular formula is C18H23N3O5S. The molecule has 0 aliphatic heterocycles. The van der Waals surface area contributed by atoms with Crippen molar-refractivity contribution in [3.63, 3.8) is 0 Å². The average molecular weight is 393 g/mol. The van der Waals surface area contributed by atoms with Gasteiger partial charge in [-0.15, -0.1) is 0 Å². The Morgan fingerprint density at radius 2 is 1.85 bits per heavy atom. The van der Waals surface area contributed by atoms with Crippen LogP contribution in [0.5, 0.6) is 0 Å². The summed E-state index contributed by atoms with van der Waals surface area (Å²) >= 11 is 0. The molecule has 0 aliphatic carbocycles. The summed E-state index contributed by atoms with van der Waals surface area (Å²) in [5.41, 5.74) is 0.953. The van der Waals surface area contributed by atoms with Crippen molar-refractivity contribution in [3.05, 3.63) is 53.9 Å². The summed E-state index contributed by atoms with van der Waals surface area (Å²) in [6.45, 7) is 0. The summed E-state index contributed by atoms with van der Waals surface area (Å²) < 4.78 is 27.0. The fraction of sp³-hybridized carbons (Fsp3) is 0.333. The Balaban J connectivity index is 2.27. The molecule has 0 fully saturated rings. The smallest absolute Gasteiger partial charge is 0.303 e. The van der Waals surface area contributed by atoms with Gasteiger partial charge in [-0.3, -0.25) is 9.59 Å². The third-order valence-electron chi connectivity index (χ3n) is 4.15. The summed E-state index contributed by atoms with van der Waals surface area (Å²) in [7, 11) is 0.754. The van der Waals surface area contributed by atoms with E-state index in [1.165, 1.54) is 30.9 Å². The minimum atomic E-state index is -3.66. The number of rotatable bonds is 8. The van der Waals surface area contributed by atoms with Gasteiger partial charge in [-0.2, -0.15) is 0 Å². The Labute approximate surface area is 158 Å². The van der Waals surface area contributed by atoms with Crippen molar-refractivity contribution in [3.8, 4) is 0 Å². The number of sulfonamides is 1. The molecule has 2 rings (SSSR count). The Hall–Kier alpha value is -2.65. The first-order chi connectivity index (χ1) is 12.6. The van der Waals surface area contributed by atoms with Crippen LogP contribution < -0.4 is 5.32 Å². The number of nitrogens with one attached hydrogen (secondary N) is 1. The van der Waals surface area contributed by atoms with Gasteiger partial charge in [0.15, 0.2) is 0 Å². The molecule has 0 saturated heterocycles. The van der Waals surface area contributed by atoms with E-state index in [1.807, 2.05) is 6.07 Å². The zero-order valence-corrected chi connectivity index (χ0v) is 16.2. The van der Waals surface area contributed by atoms with Crippen LogP contribution in [0.1, 0.15) is 34.9 Å². The van der Waals surface area contributed by atoms with E-state index in [-0.39, 0.29) is 23.4 Å². The number of carboxylic acid groups (broad SMARTS) is 1. The Morgan fingerprint density at radius 3 is 2.41 bits per heavy atom. The molecule has 1 aromatic heterocycles. The van der Waals surface area contributed by atoms with Gasteiger partial charge in [0.1, 0.15) is 10.6 Å². The molecule has 0 aliphatic rings. The normalized spacial score (nSPS) is 12.7. The molecule has 0 spiro atoms. The summed E-state index contributed by atoms with van der Waals surface area (Å²) in [5.74, 6) is -1.43. The lowest BCUT2D eigenvalue weighted by molar-refractivity contribution is -0.137. The molecule has 1 heterocycles. The van der Waals surface area contributed by atoms with Gasteiger partial charge in [0.25, 0.3) is 5.91 Å². The number of aryl methyl sites for hydroxylation is 1. The second-order valence-corrected chi connectivity index (χ2v) is 8.48. The van der Waals surface area contributed by atoms with E-state index in [2.05, 4.69) is 5.32 Å². The van der Waals surface area contributed by atoms with E-state index in [0.717, 1.165) is 9.87 Å². The van der Waals surface area contributed by atoms with E-state index in [1.54, 1.807) is 31.3 Å². The molecule has 1 atom stereocenters. The fourth-order valence-corrected chi connectivity index (χ4v) is 3.59. The van der Waals surface area contributed by atoms with Crippen LogP contribution in [0.25, 0.3) is 0 Å². The maximum absolute atomic E-state index is 12.7. The van der Waals surface area contributed by atoms with E-state index >= 15 is 0 Å². The predicted octanol–water partition coefficient (Wildman–Crippen LogP) is 1.61. The molecule has 9 heteroatoms. The van der Waals surface area contributed by atoms with Crippen molar-refractivity contribution in [2.45, 2.75) is 23.8 Å². The lowest BCUT2D eigenvalue weighted by atomic mass is 10.0. The first kappa shape index (κ1) is 20.7. The lowest BCUT2D eigenvalue weighted by Gasteiger charge is -2.18. The van der Waals surface area contributed by atoms with E-state index in [4.69, 9.17) is 5.11 Å². The summed E-state index contributed by atoms with van der Waals surface area (Å²) in [6, 6.07) is 9.86. The summed E-state index contributed by atoms with van der Waals surface area (Å²) in [5, 5.41) is 11.8. The van der Waals surface area contributed by atoms with E-state index in [0.29, 0.717) is 0 Å². The first-order valence-corrected chi connectivity index (χ1v) is 9.73. The molecule has 2 aromatic rings. The highest BCUT2D eigenvalue weighted by atomic mass is 32.2. The van der Waals surface area contributed by atoms with Crippen LogP contribution in [0.3, 0.4) is 0 Å². The first-order valence-electron chi connectivity index (χ1n) is 8.29. The van der Waals surface area contributed by atoms with Crippen molar-refractivity contribution >= 4 is 21.9 Å². The van der Waals surface area contributed by atoms with Gasteiger partial charge in [0.05, 0.1) is 6.04 Å². The number of nitrogens with zero attached hydrogens (tertiary/aromatic N) is 2. The summed E-state index contributed by atoms with van der Waals surface area (Å²) in [6.07, 6.45) is 1.49. The Kier molecular flexibility index (Phi) is 6.40. The number of aromatic nitrogens is 1. The zero-order valence-electron chi connectivity index (χ0n) is 15.4. The molecule has 0 radical (unpaired) electrons. The van der Waals surface area contributed by atoms with Gasteiger partial charge >= 0.3 is 5.97 Å². The molecule has 1 aromatic carbocycles. The van der Waals surface area contributed by atoms with Crippen molar-refractivity contribution in [2.75, 3.05) is 14.1 Å². The van der Waals surface area contributed by atoms with Crippen LogP contribution in [0, 0.1) is 0 Å². The maximum atomic E-state index is 12.7. The van der Waals surface area contributed by atoms with Crippen molar-refractivity contribution in [1.82, 2.24) is 14.2 Å². The third-order valence-corrected chi connectivity index (χ3v) is 5.93. The van der Waals surface area contributed by atoms with E-state index in [9.17, 15) is 18.0 Å². The van der Waals surface area contributed by atoms with Crippen molar-refractivity contribution in [1.29, 1.82) is 0 Å². The number of benzene rings is 1. The van der Waals surface area contributed by atoms with Gasteiger partial charge in [0, 0.05) is 33.8 Å². The quantitative estimate of drug-likeness (QED) is 0.708. The van der Waals surface area contributed by atoms with E-state index < -0.39 is 27.9 Å². The molecule has 1 amide bonds. The number of carbonyl (C=O) groups is 2. The second-order valence-electron chi connectivity index (χ2n) is 6.33. The van der Waals surface area contributed by atoms with Crippen LogP contribution in [0.15, 0.2) is 47.5 Å². The van der Waals surface area contributed by atoms with Crippen LogP contribution in [-0.2, 0) is 21.9 Å². The van der Waals surface area contributed by atoms with Crippen LogP contribution in [-0.4, -0.2) is 48.4 Å². The number of hydrogen-bond acceptors (Lipinski definition) is 4. The molecule has 27 heavy (non-hydrogen) atoms. The third kappa shape index (κ3) is 4.95. The van der Waals surface area contributed by atoms with Crippen LogP contribution >= 0.6 is 0 Å². The lowest BCUT2D eigenvalue weighted by Crippen LogP contribution is -2.30. The SMILES string of the molecule is CN(C)S(=O)(=O)c1cc(C(=O)NC(CCC(=O)O)c2ccccc2)n(C)c1. The molecule has 8 nitrogen and oxygen atoms in total. The van der Waals surface area contributed by atoms with Crippen molar-refractivity contribution in [2.24, 2.45) is 7.05 Å². The minimum absolute atomic E-state index is 0.0157. The second kappa shape index (κ2) is 8.36. The molecule has 2 N–H and O–H groups in total. The van der Waals surface area contributed by atoms with Gasteiger partial charge in [0.2, 0.25) is 10.0 Å². The standard InChI is InChI=1S/C18H23N3O5S/c1-20(2)27(25,26)14-11-16(21(3)12-14)18(24)19-15(9-10-17(22)23)13-7-5-4-6-8-13/h4-8,11-12,15H,9-10H2,1-3H3,(H,19,24)(H,22,23). The molecular weight excluding hydrogens is 370 g/mol. The van der Waals surface area contributed by atoms with Crippen molar-refractivity contribution < 1.29 is 23.1 Å². The molecule has 1 unspecified atom stereocenters. The topological polar surface area (TPSA) is 109 Å². The van der Waals surface area contributed by atoms with Gasteiger partial charge in [-0.25, -0.2) is 12.7 Å². The number of carbonyl (C=O) groups excluding carboxylic acids is 1. The monoisotopic (exact) mass is 393 g/mol. The summed E-state index contributed by atoms with van der Waals surface area (Å²) in [4.78, 5) is 23.7. The highest BCUT2D eigenvalue weighted by molar-refractivity contribution is 7.89. The van der Waals surface area contributed by atoms with Crippen LogP contribution in [0.4, 0.5) is 0 Å². The highest BCUT2D eigenvalue weighted by Crippen LogP contribution is 2.21. The molecule has 146 valence electrons. The number of hydrogen-bond donors (Lipinski definition) is 2. The largest absolute Gasteiger partial charge is 0.481 e. The zero-order chi connectivity index (χ0) is 20.2. The predicted molar refractivity (Wildman–Crippen MR) is 99.8 cm³/mol. The number of aliphatic carboxylic acids is 1. The Bertz CT molecular complexity index is 920. The van der Waals surface area contributed by atoms with Gasteiger partial charge < -0.3 is 15.0 Å². The molecule has 0 saturated carbocycles. The van der Waals surface area contributed by atoms with Gasteiger partial charge in [-0.1, -0.05) is 30.3 Å². The number of carboxylic acids is 1. The fourth-order valence-electron chi connectivity index (χ4n) is 2.62. The number of amides is 1. The highest BCUT2D eigenvalue weighted by Gasteiger charge is 2.24. The minimum Gasteiger partial charge on any atom is -0.481 e. The Morgan fingerprint density at radius 1 is 1.22 bits per heavy atom. The van der Waals surface area contributed by atoms with Gasteiger partial charge in [-0.05, 0) is 18.1 Å². The maximum Gasteiger partial charge on any atom is 0.303 e. The van der Waals surface area contributed by atoms with Crippen LogP contribution in [0.2, 0.25) is 0 Å². The molecule has 0 bridgehead atoms. The average Bonchev–Trinajstić information content (AvgIpc) is 3.01.